The SMILES string of the molecule is CN1CC(N2CCNCC2)C(O)c2cccc(F)c21. The van der Waals surface area contributed by atoms with Gasteiger partial charge in [0.05, 0.1) is 17.8 Å². The average Bonchev–Trinajstić information content (AvgIpc) is 2.43. The molecule has 0 aliphatic carbocycles. The second-order valence-corrected chi connectivity index (χ2v) is 5.36. The Morgan fingerprint density at radius 1 is 1.32 bits per heavy atom. The molecule has 0 radical (unpaired) electrons. The van der Waals surface area contributed by atoms with E-state index in [1.165, 1.54) is 6.07 Å². The summed E-state index contributed by atoms with van der Waals surface area (Å²) < 4.78 is 13.9. The minimum Gasteiger partial charge on any atom is -0.387 e. The summed E-state index contributed by atoms with van der Waals surface area (Å²) in [6, 6.07) is 4.99. The maximum Gasteiger partial charge on any atom is 0.146 e. The van der Waals surface area contributed by atoms with Crippen molar-refractivity contribution in [3.8, 4) is 0 Å². The van der Waals surface area contributed by atoms with Crippen molar-refractivity contribution in [1.29, 1.82) is 0 Å². The van der Waals surface area contributed by atoms with Gasteiger partial charge in [0, 0.05) is 45.3 Å². The van der Waals surface area contributed by atoms with Crippen molar-refractivity contribution in [3.63, 3.8) is 0 Å². The average molecular weight is 265 g/mol. The zero-order chi connectivity index (χ0) is 13.4. The largest absolute Gasteiger partial charge is 0.387 e. The predicted octanol–water partition coefficient (Wildman–Crippen LogP) is 0.583. The summed E-state index contributed by atoms with van der Waals surface area (Å²) in [6.07, 6.45) is -0.611. The zero-order valence-corrected chi connectivity index (χ0v) is 11.1. The van der Waals surface area contributed by atoms with Crippen LogP contribution in [0.25, 0.3) is 0 Å². The van der Waals surface area contributed by atoms with Gasteiger partial charge < -0.3 is 15.3 Å². The number of nitrogens with one attached hydrogen (secondary N) is 1. The van der Waals surface area contributed by atoms with Crippen molar-refractivity contribution in [1.82, 2.24) is 10.2 Å². The highest BCUT2D eigenvalue weighted by Crippen LogP contribution is 2.36. The second kappa shape index (κ2) is 5.07. The Morgan fingerprint density at radius 3 is 2.79 bits per heavy atom. The first-order valence-corrected chi connectivity index (χ1v) is 6.81. The van der Waals surface area contributed by atoms with Gasteiger partial charge in [0.15, 0.2) is 0 Å². The van der Waals surface area contributed by atoms with Crippen molar-refractivity contribution in [2.75, 3.05) is 44.7 Å². The van der Waals surface area contributed by atoms with Crippen LogP contribution in [-0.2, 0) is 0 Å². The van der Waals surface area contributed by atoms with E-state index in [1.807, 2.05) is 18.0 Å². The molecule has 1 aromatic rings. The molecule has 1 saturated heterocycles. The standard InChI is InChI=1S/C14H20FN3O/c1-17-9-12(18-7-5-16-6-8-18)14(19)10-3-2-4-11(15)13(10)17/h2-4,12,14,16,19H,5-9H2,1H3. The lowest BCUT2D eigenvalue weighted by Crippen LogP contribution is -2.55. The van der Waals surface area contributed by atoms with Crippen LogP contribution in [0.1, 0.15) is 11.7 Å². The second-order valence-electron chi connectivity index (χ2n) is 5.36. The van der Waals surface area contributed by atoms with Crippen LogP contribution in [0.3, 0.4) is 0 Å². The van der Waals surface area contributed by atoms with E-state index in [0.717, 1.165) is 26.2 Å². The summed E-state index contributed by atoms with van der Waals surface area (Å²) in [7, 11) is 1.89. The fourth-order valence-corrected chi connectivity index (χ4v) is 3.18. The summed E-state index contributed by atoms with van der Waals surface area (Å²) in [5, 5.41) is 13.9. The fraction of sp³-hybridized carbons (Fsp3) is 0.571. The first-order chi connectivity index (χ1) is 9.18. The molecule has 2 N–H and O–H groups in total. The van der Waals surface area contributed by atoms with Crippen LogP contribution in [0.15, 0.2) is 18.2 Å². The Kier molecular flexibility index (Phi) is 3.43. The summed E-state index contributed by atoms with van der Waals surface area (Å²) >= 11 is 0. The van der Waals surface area contributed by atoms with E-state index in [1.54, 1.807) is 6.07 Å². The third kappa shape index (κ3) is 2.22. The van der Waals surface area contributed by atoms with Crippen LogP contribution in [0.4, 0.5) is 10.1 Å². The number of nitrogens with zero attached hydrogens (tertiary/aromatic N) is 2. The Bertz CT molecular complexity index is 462. The van der Waals surface area contributed by atoms with Gasteiger partial charge in [-0.2, -0.15) is 0 Å². The highest BCUT2D eigenvalue weighted by molar-refractivity contribution is 5.58. The number of piperazine rings is 1. The smallest absolute Gasteiger partial charge is 0.146 e. The molecule has 0 aromatic heterocycles. The quantitative estimate of drug-likeness (QED) is 0.779. The molecule has 19 heavy (non-hydrogen) atoms. The monoisotopic (exact) mass is 265 g/mol. The number of benzene rings is 1. The molecule has 0 bridgehead atoms. The van der Waals surface area contributed by atoms with Gasteiger partial charge in [-0.05, 0) is 6.07 Å². The van der Waals surface area contributed by atoms with Crippen molar-refractivity contribution in [2.45, 2.75) is 12.1 Å². The molecule has 2 atom stereocenters. The van der Waals surface area contributed by atoms with Gasteiger partial charge in [-0.15, -0.1) is 0 Å². The predicted molar refractivity (Wildman–Crippen MR) is 72.9 cm³/mol. The van der Waals surface area contributed by atoms with Crippen LogP contribution < -0.4 is 10.2 Å². The molecule has 5 heteroatoms. The van der Waals surface area contributed by atoms with E-state index in [9.17, 15) is 9.50 Å². The van der Waals surface area contributed by atoms with Gasteiger partial charge in [-0.25, -0.2) is 4.39 Å². The van der Waals surface area contributed by atoms with Crippen molar-refractivity contribution in [2.24, 2.45) is 0 Å². The van der Waals surface area contributed by atoms with Crippen molar-refractivity contribution >= 4 is 5.69 Å². The summed E-state index contributed by atoms with van der Waals surface area (Å²) in [6.45, 7) is 4.42. The number of fused-ring (bicyclic) bond motifs is 1. The molecule has 1 aromatic carbocycles. The molecule has 3 rings (SSSR count). The van der Waals surface area contributed by atoms with Crippen LogP contribution in [0, 0.1) is 5.82 Å². The Hall–Kier alpha value is -1.17. The van der Waals surface area contributed by atoms with E-state index in [2.05, 4.69) is 10.2 Å². The molecule has 2 aliphatic heterocycles. The lowest BCUT2D eigenvalue weighted by atomic mass is 9.93. The number of likely N-dealkylation sites (N-methyl/N-ethyl adjacent to an activating group) is 1. The number of aliphatic hydroxyl groups is 1. The van der Waals surface area contributed by atoms with E-state index < -0.39 is 6.10 Å². The first-order valence-electron chi connectivity index (χ1n) is 6.81. The summed E-state index contributed by atoms with van der Waals surface area (Å²) in [5.41, 5.74) is 1.25. The number of rotatable bonds is 1. The number of hydrogen-bond donors (Lipinski definition) is 2. The minimum atomic E-state index is -0.611. The fourth-order valence-electron chi connectivity index (χ4n) is 3.18. The van der Waals surface area contributed by atoms with Crippen molar-refractivity contribution < 1.29 is 9.50 Å². The minimum absolute atomic E-state index is 0.0430. The normalized spacial score (nSPS) is 28.3. The van der Waals surface area contributed by atoms with Gasteiger partial charge >= 0.3 is 0 Å². The number of aliphatic hydroxyl groups excluding tert-OH is 1. The van der Waals surface area contributed by atoms with Gasteiger partial charge in [0.2, 0.25) is 0 Å². The van der Waals surface area contributed by atoms with Crippen LogP contribution >= 0.6 is 0 Å². The first kappa shape index (κ1) is 12.8. The number of para-hydroxylation sites is 1. The molecule has 0 saturated carbocycles. The van der Waals surface area contributed by atoms with Crippen LogP contribution in [0.5, 0.6) is 0 Å². The topological polar surface area (TPSA) is 38.7 Å². The van der Waals surface area contributed by atoms with E-state index in [-0.39, 0.29) is 11.9 Å². The molecule has 2 heterocycles. The molecule has 4 nitrogen and oxygen atoms in total. The van der Waals surface area contributed by atoms with Gasteiger partial charge in [0.1, 0.15) is 5.82 Å². The summed E-state index contributed by atoms with van der Waals surface area (Å²) in [5.74, 6) is -0.252. The molecule has 2 unspecified atom stereocenters. The molecule has 0 amide bonds. The number of halogens is 1. The van der Waals surface area contributed by atoms with Gasteiger partial charge in [-0.1, -0.05) is 12.1 Å². The van der Waals surface area contributed by atoms with E-state index >= 15 is 0 Å². The Labute approximate surface area is 112 Å². The van der Waals surface area contributed by atoms with Crippen LogP contribution in [0.2, 0.25) is 0 Å². The third-order valence-corrected chi connectivity index (χ3v) is 4.16. The Balaban J connectivity index is 1.91. The molecule has 104 valence electrons. The third-order valence-electron chi connectivity index (χ3n) is 4.16. The lowest BCUT2D eigenvalue weighted by molar-refractivity contribution is 0.0402. The van der Waals surface area contributed by atoms with Crippen LogP contribution in [-0.4, -0.2) is 55.8 Å². The number of hydrogen-bond acceptors (Lipinski definition) is 4. The van der Waals surface area contributed by atoms with E-state index in [4.69, 9.17) is 0 Å². The Morgan fingerprint density at radius 2 is 2.05 bits per heavy atom. The van der Waals surface area contributed by atoms with E-state index in [0.29, 0.717) is 17.8 Å². The molecular formula is C14H20FN3O. The molecule has 1 fully saturated rings. The highest BCUT2D eigenvalue weighted by atomic mass is 19.1. The summed E-state index contributed by atoms with van der Waals surface area (Å²) in [4.78, 5) is 4.22. The van der Waals surface area contributed by atoms with Gasteiger partial charge in [0.25, 0.3) is 0 Å². The molecule has 0 spiro atoms. The molecule has 2 aliphatic rings. The lowest BCUT2D eigenvalue weighted by Gasteiger charge is -2.44. The van der Waals surface area contributed by atoms with Crippen molar-refractivity contribution in [3.05, 3.63) is 29.6 Å². The van der Waals surface area contributed by atoms with Gasteiger partial charge in [-0.3, -0.25) is 4.90 Å². The maximum absolute atomic E-state index is 13.9. The molecular weight excluding hydrogens is 245 g/mol. The number of anilines is 1. The zero-order valence-electron chi connectivity index (χ0n) is 11.1. The maximum atomic E-state index is 13.9. The highest BCUT2D eigenvalue weighted by Gasteiger charge is 2.36.